The molecule has 59 heavy (non-hydrogen) atoms. The minimum atomic E-state index is -1.06. The Balaban J connectivity index is 2.28. The minimum absolute atomic E-state index is 0.0447. The monoisotopic (exact) mass is 829 g/mol. The fourth-order valence-electron chi connectivity index (χ4n) is 7.94. The van der Waals surface area contributed by atoms with Crippen molar-refractivity contribution in [1.82, 2.24) is 25.3 Å². The molecule has 1 aliphatic heterocycles. The highest BCUT2D eigenvalue weighted by atomic mass is 16.5. The quantitative estimate of drug-likeness (QED) is 0.0710. The van der Waals surface area contributed by atoms with E-state index in [0.29, 0.717) is 63.3 Å². The molecule has 1 aromatic carbocycles. The van der Waals surface area contributed by atoms with Gasteiger partial charge in [-0.2, -0.15) is 0 Å². The van der Waals surface area contributed by atoms with E-state index in [1.165, 1.54) is 21.3 Å². The van der Waals surface area contributed by atoms with Crippen LogP contribution in [0.15, 0.2) is 54.6 Å². The number of likely N-dealkylation sites (N-methyl/N-ethyl adjacent to an activating group) is 2. The zero-order valence-corrected chi connectivity index (χ0v) is 37.2. The lowest BCUT2D eigenvalue weighted by Crippen LogP contribution is -2.58. The zero-order chi connectivity index (χ0) is 44.4. The lowest BCUT2D eigenvalue weighted by Gasteiger charge is -2.40. The molecule has 0 saturated carbocycles. The fraction of sp³-hybridized carbons (Fsp3) is 0.659. The highest BCUT2D eigenvalue weighted by Crippen LogP contribution is 2.30. The largest absolute Gasteiger partial charge is 0.467 e. The van der Waals surface area contributed by atoms with Gasteiger partial charge >= 0.3 is 5.97 Å². The van der Waals surface area contributed by atoms with Crippen molar-refractivity contribution >= 4 is 29.6 Å². The van der Waals surface area contributed by atoms with E-state index in [1.807, 2.05) is 49.1 Å². The Morgan fingerprint density at radius 1 is 0.949 bits per heavy atom. The minimum Gasteiger partial charge on any atom is -0.467 e. The summed E-state index contributed by atoms with van der Waals surface area (Å²) in [5, 5.41) is 5.76. The number of rotatable bonds is 26. The number of likely N-dealkylation sites (tertiary alicyclic amines) is 1. The molecule has 0 radical (unpaired) electrons. The molecule has 15 heteroatoms. The number of benzene rings is 1. The van der Waals surface area contributed by atoms with Crippen LogP contribution in [0.5, 0.6) is 0 Å². The van der Waals surface area contributed by atoms with Crippen LogP contribution in [0.25, 0.3) is 0 Å². The van der Waals surface area contributed by atoms with Gasteiger partial charge in [0, 0.05) is 47.3 Å². The smallest absolute Gasteiger partial charge is 0.328 e. The van der Waals surface area contributed by atoms with Crippen molar-refractivity contribution < 1.29 is 42.9 Å². The summed E-state index contributed by atoms with van der Waals surface area (Å²) in [5.74, 6) is -2.78. The summed E-state index contributed by atoms with van der Waals surface area (Å²) in [7, 11) is 7.76. The van der Waals surface area contributed by atoms with Gasteiger partial charge in [0.05, 0.1) is 57.0 Å². The summed E-state index contributed by atoms with van der Waals surface area (Å²) in [5.41, 5.74) is 7.44. The average Bonchev–Trinajstić information content (AvgIpc) is 3.70. The van der Waals surface area contributed by atoms with Gasteiger partial charge in [-0.15, -0.1) is 0 Å². The molecule has 0 spiro atoms. The van der Waals surface area contributed by atoms with Gasteiger partial charge in [-0.3, -0.25) is 24.1 Å². The number of nitrogens with one attached hydrogen (secondary N) is 2. The van der Waals surface area contributed by atoms with Crippen molar-refractivity contribution in [3.8, 4) is 0 Å². The Morgan fingerprint density at radius 2 is 1.61 bits per heavy atom. The van der Waals surface area contributed by atoms with Gasteiger partial charge in [0.15, 0.2) is 0 Å². The van der Waals surface area contributed by atoms with E-state index >= 15 is 0 Å². The maximum atomic E-state index is 14.4. The van der Waals surface area contributed by atoms with E-state index in [-0.39, 0.29) is 24.7 Å². The summed E-state index contributed by atoms with van der Waals surface area (Å²) < 4.78 is 22.5. The number of carbonyl (C=O) groups excluding carboxylic acids is 5. The number of carbonyl (C=O) groups is 5. The second-order valence-electron chi connectivity index (χ2n) is 15.8. The molecule has 0 aliphatic carbocycles. The van der Waals surface area contributed by atoms with Crippen molar-refractivity contribution in [3.63, 3.8) is 0 Å². The molecule has 1 fully saturated rings. The molecule has 1 aliphatic rings. The standard InChI is InChI=1S/C44H72N6O9/c1-13-30(6)39(49(9)43(54)37(28(2)3)47-42(53)38(29(4)5)48(8)23-25-59-24-21-45)35(56-10)27-36(51)50-22-17-20-34(50)40(57-11)31(7)41(52)46-33(44(55)58-12)26-32-18-15-14-16-19-32/h14-16,18-19,30-31,33-35,37-40H,2,4,13,17,20-27,45H2,1,3,5-12H3,(H,46,52)(H,47,53)/t30-,31+,33-,34-,35+,37?,38-,39-,40+/m0/s1. The summed E-state index contributed by atoms with van der Waals surface area (Å²) in [4.78, 5) is 73.9. The molecule has 1 aromatic rings. The molecule has 4 amide bonds. The predicted molar refractivity (Wildman–Crippen MR) is 228 cm³/mol. The zero-order valence-electron chi connectivity index (χ0n) is 37.2. The fourth-order valence-corrected chi connectivity index (χ4v) is 7.94. The first-order valence-electron chi connectivity index (χ1n) is 20.6. The summed E-state index contributed by atoms with van der Waals surface area (Å²) in [6.07, 6.45) is 0.813. The highest BCUT2D eigenvalue weighted by molar-refractivity contribution is 5.93. The van der Waals surface area contributed by atoms with Crippen molar-refractivity contribution in [3.05, 3.63) is 60.2 Å². The topological polar surface area (TPSA) is 182 Å². The lowest BCUT2D eigenvalue weighted by atomic mass is 9.89. The van der Waals surface area contributed by atoms with Gasteiger partial charge in [0.1, 0.15) is 18.1 Å². The van der Waals surface area contributed by atoms with Crippen LogP contribution in [0.1, 0.15) is 65.9 Å². The van der Waals surface area contributed by atoms with Crippen molar-refractivity contribution in [2.24, 2.45) is 17.6 Å². The lowest BCUT2D eigenvalue weighted by molar-refractivity contribution is -0.148. The van der Waals surface area contributed by atoms with Crippen LogP contribution >= 0.6 is 0 Å². The van der Waals surface area contributed by atoms with Crippen LogP contribution in [-0.2, 0) is 49.3 Å². The Hall–Kier alpha value is -4.15. The normalized spacial score (nSPS) is 18.1. The third kappa shape index (κ3) is 14.5. The van der Waals surface area contributed by atoms with Crippen LogP contribution < -0.4 is 16.4 Å². The molecule has 332 valence electrons. The van der Waals surface area contributed by atoms with E-state index in [1.54, 1.807) is 44.7 Å². The molecule has 0 aromatic heterocycles. The van der Waals surface area contributed by atoms with Gasteiger partial charge in [-0.1, -0.05) is 76.3 Å². The number of nitrogens with zero attached hydrogens (tertiary/aromatic N) is 3. The van der Waals surface area contributed by atoms with Gasteiger partial charge in [0.2, 0.25) is 23.6 Å². The summed E-state index contributed by atoms with van der Waals surface area (Å²) in [6, 6.07) is 5.67. The molecule has 15 nitrogen and oxygen atoms in total. The third-order valence-electron chi connectivity index (χ3n) is 11.4. The highest BCUT2D eigenvalue weighted by Gasteiger charge is 2.43. The summed E-state index contributed by atoms with van der Waals surface area (Å²) in [6.45, 7) is 19.3. The number of ether oxygens (including phenoxy) is 4. The Kier molecular flexibility index (Phi) is 22.0. The van der Waals surface area contributed by atoms with E-state index in [2.05, 4.69) is 23.8 Å². The van der Waals surface area contributed by atoms with Crippen LogP contribution in [-0.4, -0.2) is 155 Å². The van der Waals surface area contributed by atoms with Gasteiger partial charge in [-0.25, -0.2) is 4.79 Å². The van der Waals surface area contributed by atoms with Crippen molar-refractivity contribution in [2.45, 2.75) is 109 Å². The first kappa shape index (κ1) is 51.0. The Labute approximate surface area is 352 Å². The molecule has 2 rings (SSSR count). The summed E-state index contributed by atoms with van der Waals surface area (Å²) >= 11 is 0. The van der Waals surface area contributed by atoms with Crippen LogP contribution in [0, 0.1) is 11.8 Å². The van der Waals surface area contributed by atoms with Crippen LogP contribution in [0.4, 0.5) is 0 Å². The van der Waals surface area contributed by atoms with Gasteiger partial charge in [0.25, 0.3) is 0 Å². The molecule has 9 atom stereocenters. The van der Waals surface area contributed by atoms with E-state index in [4.69, 9.17) is 24.7 Å². The SMILES string of the molecule is C=C(C)C(NC(=O)[C@H](C(=C)C)N(C)CCOCCN)C(=O)N(C)[C@@H]([C@@H](C)CC)[C@@H](CC(=O)N1CCC[C@H]1[C@H](OC)[C@@H](C)C(=O)N[C@@H](Cc1ccccc1)C(=O)OC)OC. The molecule has 4 N–H and O–H groups in total. The number of hydrogen-bond acceptors (Lipinski definition) is 11. The Bertz CT molecular complexity index is 1540. The first-order valence-corrected chi connectivity index (χ1v) is 20.6. The van der Waals surface area contributed by atoms with E-state index < -0.39 is 72.0 Å². The molecule has 0 bridgehead atoms. The van der Waals surface area contributed by atoms with Crippen LogP contribution in [0.2, 0.25) is 0 Å². The van der Waals surface area contributed by atoms with E-state index in [0.717, 1.165) is 5.56 Å². The van der Waals surface area contributed by atoms with Crippen molar-refractivity contribution in [1.29, 1.82) is 0 Å². The molecule has 1 heterocycles. The van der Waals surface area contributed by atoms with Gasteiger partial charge < -0.3 is 45.1 Å². The second kappa shape index (κ2) is 25.5. The average molecular weight is 829 g/mol. The molecular weight excluding hydrogens is 757 g/mol. The van der Waals surface area contributed by atoms with Crippen molar-refractivity contribution in [2.75, 3.05) is 68.3 Å². The molecule has 1 saturated heterocycles. The third-order valence-corrected chi connectivity index (χ3v) is 11.4. The van der Waals surface area contributed by atoms with Crippen LogP contribution in [0.3, 0.4) is 0 Å². The number of methoxy groups -OCH3 is 3. The number of amides is 4. The molecule has 1 unspecified atom stereocenters. The number of esters is 1. The maximum absolute atomic E-state index is 14.4. The maximum Gasteiger partial charge on any atom is 0.328 e. The molecular formula is C44H72N6O9. The van der Waals surface area contributed by atoms with E-state index in [9.17, 15) is 24.0 Å². The van der Waals surface area contributed by atoms with Gasteiger partial charge in [-0.05, 0) is 50.8 Å². The first-order chi connectivity index (χ1) is 28.0. The number of hydrogen-bond donors (Lipinski definition) is 3. The predicted octanol–water partition coefficient (Wildman–Crippen LogP) is 2.72. The second-order valence-corrected chi connectivity index (χ2v) is 15.8. The Morgan fingerprint density at radius 3 is 2.15 bits per heavy atom. The number of nitrogens with two attached hydrogens (primary N) is 1.